The largest absolute Gasteiger partial charge is 0.457 e. The molecule has 1 aromatic carbocycles. The third-order valence-corrected chi connectivity index (χ3v) is 6.03. The Morgan fingerprint density at radius 2 is 1.87 bits per heavy atom. The number of imide groups is 1. The second-order valence-electron chi connectivity index (χ2n) is 7.09. The third kappa shape index (κ3) is 3.54. The molecule has 2 amide bonds. The first-order valence-corrected chi connectivity index (χ1v) is 10.5. The molecule has 2 aromatic heterocycles. The Bertz CT molecular complexity index is 1050. The number of carbonyl (C=O) groups excluding carboxylic acids is 3. The van der Waals surface area contributed by atoms with E-state index < -0.39 is 23.8 Å². The van der Waals surface area contributed by atoms with E-state index in [2.05, 4.69) is 4.98 Å². The lowest BCUT2D eigenvalue weighted by molar-refractivity contribution is -0.151. The Labute approximate surface area is 177 Å². The number of fused-ring (bicyclic) bond motifs is 1. The Morgan fingerprint density at radius 3 is 2.47 bits per heavy atom. The molecule has 3 heterocycles. The highest BCUT2D eigenvalue weighted by Gasteiger charge is 2.45. The highest BCUT2D eigenvalue weighted by molar-refractivity contribution is 7.13. The first-order valence-electron chi connectivity index (χ1n) is 9.63. The van der Waals surface area contributed by atoms with Gasteiger partial charge in [-0.2, -0.15) is 0 Å². The van der Waals surface area contributed by atoms with E-state index in [1.54, 1.807) is 24.3 Å². The zero-order chi connectivity index (χ0) is 21.3. The number of benzene rings is 1. The fourth-order valence-corrected chi connectivity index (χ4v) is 4.05. The van der Waals surface area contributed by atoms with Gasteiger partial charge in [-0.1, -0.05) is 38.5 Å². The maximum absolute atomic E-state index is 13.0. The molecule has 0 bridgehead atoms. The number of oxazole rings is 1. The van der Waals surface area contributed by atoms with E-state index in [9.17, 15) is 14.4 Å². The number of aromatic nitrogens is 1. The number of amides is 2. The summed E-state index contributed by atoms with van der Waals surface area (Å²) in [4.78, 5) is 44.9. The summed E-state index contributed by atoms with van der Waals surface area (Å²) in [6, 6.07) is 9.34. The summed E-state index contributed by atoms with van der Waals surface area (Å²) in [7, 11) is 0. The van der Waals surface area contributed by atoms with Crippen molar-refractivity contribution >= 4 is 29.1 Å². The van der Waals surface area contributed by atoms with Gasteiger partial charge in [-0.25, -0.2) is 9.78 Å². The molecule has 8 heteroatoms. The van der Waals surface area contributed by atoms with Gasteiger partial charge in [0.25, 0.3) is 11.8 Å². The Hall–Kier alpha value is -3.26. The maximum Gasteiger partial charge on any atom is 0.330 e. The van der Waals surface area contributed by atoms with E-state index in [1.807, 2.05) is 31.4 Å². The van der Waals surface area contributed by atoms with Gasteiger partial charge < -0.3 is 9.15 Å². The van der Waals surface area contributed by atoms with Gasteiger partial charge in [0.2, 0.25) is 5.89 Å². The van der Waals surface area contributed by atoms with Gasteiger partial charge in [0.05, 0.1) is 16.0 Å². The molecule has 0 spiro atoms. The van der Waals surface area contributed by atoms with Crippen molar-refractivity contribution in [3.05, 3.63) is 64.9 Å². The van der Waals surface area contributed by atoms with Crippen molar-refractivity contribution in [3.63, 3.8) is 0 Å². The Kier molecular flexibility index (Phi) is 5.50. The van der Waals surface area contributed by atoms with Crippen LogP contribution in [0.25, 0.3) is 10.8 Å². The first kappa shape index (κ1) is 20.0. The van der Waals surface area contributed by atoms with Crippen LogP contribution in [0.2, 0.25) is 0 Å². The summed E-state index contributed by atoms with van der Waals surface area (Å²) in [5.41, 5.74) is 1.07. The van der Waals surface area contributed by atoms with Crippen molar-refractivity contribution in [2.75, 3.05) is 0 Å². The van der Waals surface area contributed by atoms with Crippen LogP contribution in [-0.4, -0.2) is 33.7 Å². The van der Waals surface area contributed by atoms with E-state index in [0.717, 1.165) is 9.78 Å². The molecule has 0 saturated carbocycles. The van der Waals surface area contributed by atoms with Gasteiger partial charge in [-0.3, -0.25) is 14.5 Å². The van der Waals surface area contributed by atoms with Gasteiger partial charge in [0, 0.05) is 0 Å². The minimum Gasteiger partial charge on any atom is -0.457 e. The molecule has 0 N–H and O–H groups in total. The predicted octanol–water partition coefficient (Wildman–Crippen LogP) is 4.16. The minimum absolute atomic E-state index is 0.107. The summed E-state index contributed by atoms with van der Waals surface area (Å²) in [6.07, 6.45) is 2.03. The summed E-state index contributed by atoms with van der Waals surface area (Å²) >= 11 is 1.49. The molecule has 1 aliphatic rings. The lowest BCUT2D eigenvalue weighted by atomic mass is 9.97. The number of nitrogens with zero attached hydrogens (tertiary/aromatic N) is 2. The van der Waals surface area contributed by atoms with Gasteiger partial charge >= 0.3 is 5.97 Å². The average molecular weight is 424 g/mol. The second kappa shape index (κ2) is 8.23. The van der Waals surface area contributed by atoms with E-state index in [4.69, 9.17) is 9.15 Å². The topological polar surface area (TPSA) is 89.7 Å². The number of ether oxygens (including phenoxy) is 1. The van der Waals surface area contributed by atoms with Crippen molar-refractivity contribution in [2.45, 2.75) is 32.9 Å². The van der Waals surface area contributed by atoms with Crippen LogP contribution in [0, 0.1) is 5.92 Å². The Balaban J connectivity index is 1.51. The van der Waals surface area contributed by atoms with E-state index >= 15 is 0 Å². The lowest BCUT2D eigenvalue weighted by Gasteiger charge is -2.28. The SMILES string of the molecule is CC[C@H](C)[C@@H](C(=O)OCc1coc(-c2cccs2)n1)N1C(=O)c2ccccc2C1=O. The zero-order valence-electron chi connectivity index (χ0n) is 16.5. The van der Waals surface area contributed by atoms with Gasteiger partial charge in [0.15, 0.2) is 0 Å². The number of rotatable bonds is 7. The number of hydrogen-bond donors (Lipinski definition) is 0. The molecular formula is C22H20N2O5S. The molecule has 0 unspecified atom stereocenters. The van der Waals surface area contributed by atoms with Crippen LogP contribution >= 0.6 is 11.3 Å². The van der Waals surface area contributed by atoms with Gasteiger partial charge in [0.1, 0.15) is 24.6 Å². The van der Waals surface area contributed by atoms with Crippen LogP contribution < -0.4 is 0 Å². The quantitative estimate of drug-likeness (QED) is 0.418. The van der Waals surface area contributed by atoms with E-state index in [1.165, 1.54) is 17.6 Å². The number of hydrogen-bond acceptors (Lipinski definition) is 7. The van der Waals surface area contributed by atoms with E-state index in [0.29, 0.717) is 29.1 Å². The summed E-state index contributed by atoms with van der Waals surface area (Å²) in [5, 5.41) is 1.91. The maximum atomic E-state index is 13.0. The van der Waals surface area contributed by atoms with Crippen molar-refractivity contribution < 1.29 is 23.5 Å². The fourth-order valence-electron chi connectivity index (χ4n) is 3.39. The van der Waals surface area contributed by atoms with Crippen LogP contribution in [0.1, 0.15) is 46.7 Å². The molecule has 0 fully saturated rings. The number of thiophene rings is 1. The molecule has 7 nitrogen and oxygen atoms in total. The van der Waals surface area contributed by atoms with Crippen LogP contribution in [-0.2, 0) is 16.1 Å². The summed E-state index contributed by atoms with van der Waals surface area (Å²) in [6.45, 7) is 3.61. The fraction of sp³-hybridized carbons (Fsp3) is 0.273. The zero-order valence-corrected chi connectivity index (χ0v) is 17.3. The highest BCUT2D eigenvalue weighted by Crippen LogP contribution is 2.29. The molecule has 3 aromatic rings. The summed E-state index contributed by atoms with van der Waals surface area (Å²) < 4.78 is 10.9. The number of esters is 1. The second-order valence-corrected chi connectivity index (χ2v) is 8.03. The van der Waals surface area contributed by atoms with Crippen LogP contribution in [0.3, 0.4) is 0 Å². The molecule has 0 radical (unpaired) electrons. The molecule has 30 heavy (non-hydrogen) atoms. The van der Waals surface area contributed by atoms with Crippen molar-refractivity contribution in [3.8, 4) is 10.8 Å². The molecule has 154 valence electrons. The monoisotopic (exact) mass is 424 g/mol. The lowest BCUT2D eigenvalue weighted by Crippen LogP contribution is -2.49. The standard InChI is InChI=1S/C22H20N2O5S/c1-3-13(2)18(24-20(25)15-7-4-5-8-16(15)21(24)26)22(27)29-12-14-11-28-19(23-14)17-9-6-10-30-17/h4-11,13,18H,3,12H2,1-2H3/t13-,18-/m0/s1. The molecule has 2 atom stereocenters. The molecule has 4 rings (SSSR count). The van der Waals surface area contributed by atoms with Gasteiger partial charge in [-0.15, -0.1) is 11.3 Å². The van der Waals surface area contributed by atoms with Gasteiger partial charge in [-0.05, 0) is 29.5 Å². The van der Waals surface area contributed by atoms with Crippen molar-refractivity contribution in [1.29, 1.82) is 0 Å². The average Bonchev–Trinajstić information content (AvgIpc) is 3.50. The molecule has 0 saturated heterocycles. The van der Waals surface area contributed by atoms with Crippen LogP contribution in [0.5, 0.6) is 0 Å². The van der Waals surface area contributed by atoms with E-state index in [-0.39, 0.29) is 12.5 Å². The molecule has 1 aliphatic heterocycles. The van der Waals surface area contributed by atoms with Crippen molar-refractivity contribution in [1.82, 2.24) is 9.88 Å². The predicted molar refractivity (Wildman–Crippen MR) is 110 cm³/mol. The summed E-state index contributed by atoms with van der Waals surface area (Å²) in [5.74, 6) is -1.40. The van der Waals surface area contributed by atoms with Crippen LogP contribution in [0.4, 0.5) is 0 Å². The third-order valence-electron chi connectivity index (χ3n) is 5.17. The van der Waals surface area contributed by atoms with Crippen LogP contribution in [0.15, 0.2) is 52.5 Å². The first-order chi connectivity index (χ1) is 14.5. The molecular weight excluding hydrogens is 404 g/mol. The Morgan fingerprint density at radius 1 is 1.17 bits per heavy atom. The van der Waals surface area contributed by atoms with Crippen molar-refractivity contribution in [2.24, 2.45) is 5.92 Å². The highest BCUT2D eigenvalue weighted by atomic mass is 32.1. The normalized spacial score (nSPS) is 15.2. The smallest absolute Gasteiger partial charge is 0.330 e. The number of carbonyl (C=O) groups is 3. The molecule has 0 aliphatic carbocycles. The minimum atomic E-state index is -1.01.